The van der Waals surface area contributed by atoms with Crippen LogP contribution < -0.4 is 5.32 Å². The summed E-state index contributed by atoms with van der Waals surface area (Å²) in [5, 5.41) is 14.4. The first kappa shape index (κ1) is 18.0. The summed E-state index contributed by atoms with van der Waals surface area (Å²) in [6.45, 7) is 0.932. The zero-order chi connectivity index (χ0) is 19.0. The number of likely N-dealkylation sites (tertiary alicyclic amines) is 1. The number of hydrogen-bond acceptors (Lipinski definition) is 3. The highest BCUT2D eigenvalue weighted by Crippen LogP contribution is 2.37. The molecule has 1 fully saturated rings. The second kappa shape index (κ2) is 6.98. The first-order valence-electron chi connectivity index (χ1n) is 9.12. The van der Waals surface area contributed by atoms with Gasteiger partial charge in [-0.25, -0.2) is 0 Å². The minimum atomic E-state index is -0.946. The standard InChI is InChI=1S/C21H21ClN2O3/c22-15-7-5-14(6-8-15)21(27)9-11-24(12-10-21)19(25)13-17-16-3-1-2-4-18(16)23-20(17)26/h1-8,17,27H,9-13H2,(H,23,26). The number of anilines is 1. The first-order chi connectivity index (χ1) is 13.0. The quantitative estimate of drug-likeness (QED) is 0.853. The van der Waals surface area contributed by atoms with E-state index in [4.69, 9.17) is 11.6 Å². The van der Waals surface area contributed by atoms with Gasteiger partial charge < -0.3 is 15.3 Å². The number of benzene rings is 2. The Bertz CT molecular complexity index is 873. The molecule has 2 N–H and O–H groups in total. The molecular formula is C21H21ClN2O3. The maximum absolute atomic E-state index is 12.7. The highest BCUT2D eigenvalue weighted by atomic mass is 35.5. The highest BCUT2D eigenvalue weighted by Gasteiger charge is 2.38. The zero-order valence-electron chi connectivity index (χ0n) is 14.8. The van der Waals surface area contributed by atoms with Gasteiger partial charge in [-0.3, -0.25) is 9.59 Å². The normalized spacial score (nSPS) is 20.9. The number of aliphatic hydroxyl groups is 1. The summed E-state index contributed by atoms with van der Waals surface area (Å²) >= 11 is 5.92. The van der Waals surface area contributed by atoms with Crippen molar-refractivity contribution in [1.82, 2.24) is 4.90 Å². The van der Waals surface area contributed by atoms with Crippen molar-refractivity contribution in [2.75, 3.05) is 18.4 Å². The molecule has 1 saturated heterocycles. The average molecular weight is 385 g/mol. The van der Waals surface area contributed by atoms with Gasteiger partial charge in [-0.15, -0.1) is 0 Å². The van der Waals surface area contributed by atoms with E-state index in [1.807, 2.05) is 36.4 Å². The van der Waals surface area contributed by atoms with E-state index in [2.05, 4.69) is 5.32 Å². The van der Waals surface area contributed by atoms with Crippen LogP contribution in [0.25, 0.3) is 0 Å². The van der Waals surface area contributed by atoms with Gasteiger partial charge in [0.05, 0.1) is 11.5 Å². The number of nitrogens with zero attached hydrogens (tertiary/aromatic N) is 1. The molecule has 1 unspecified atom stereocenters. The SMILES string of the molecule is O=C1Nc2ccccc2C1CC(=O)N1CCC(O)(c2ccc(Cl)cc2)CC1. The van der Waals surface area contributed by atoms with Crippen molar-refractivity contribution in [2.45, 2.75) is 30.8 Å². The Morgan fingerprint density at radius 2 is 1.81 bits per heavy atom. The summed E-state index contributed by atoms with van der Waals surface area (Å²) < 4.78 is 0. The lowest BCUT2D eigenvalue weighted by molar-refractivity contribution is -0.137. The Kier molecular flexibility index (Phi) is 4.66. The third kappa shape index (κ3) is 3.45. The summed E-state index contributed by atoms with van der Waals surface area (Å²) in [6, 6.07) is 14.7. The number of fused-ring (bicyclic) bond motifs is 1. The van der Waals surface area contributed by atoms with E-state index in [0.717, 1.165) is 16.8 Å². The predicted octanol–water partition coefficient (Wildman–Crippen LogP) is 3.28. The molecule has 6 heteroatoms. The highest BCUT2D eigenvalue weighted by molar-refractivity contribution is 6.30. The molecule has 2 aromatic carbocycles. The second-order valence-electron chi connectivity index (χ2n) is 7.25. The van der Waals surface area contributed by atoms with Crippen molar-refractivity contribution >= 4 is 29.1 Å². The first-order valence-corrected chi connectivity index (χ1v) is 9.50. The molecule has 0 radical (unpaired) electrons. The van der Waals surface area contributed by atoms with Gasteiger partial charge in [-0.2, -0.15) is 0 Å². The van der Waals surface area contributed by atoms with Gasteiger partial charge in [0.1, 0.15) is 0 Å². The van der Waals surface area contributed by atoms with Crippen molar-refractivity contribution in [3.05, 3.63) is 64.7 Å². The maximum atomic E-state index is 12.7. The molecule has 2 aliphatic heterocycles. The topological polar surface area (TPSA) is 69.6 Å². The maximum Gasteiger partial charge on any atom is 0.232 e. The zero-order valence-corrected chi connectivity index (χ0v) is 15.6. The van der Waals surface area contributed by atoms with Gasteiger partial charge in [-0.05, 0) is 42.2 Å². The lowest BCUT2D eigenvalue weighted by Crippen LogP contribution is -2.45. The molecule has 2 heterocycles. The fourth-order valence-corrected chi connectivity index (χ4v) is 4.08. The van der Waals surface area contributed by atoms with E-state index >= 15 is 0 Å². The van der Waals surface area contributed by atoms with Crippen molar-refractivity contribution in [2.24, 2.45) is 0 Å². The Labute approximate surface area is 162 Å². The number of halogens is 1. The van der Waals surface area contributed by atoms with Gasteiger partial charge in [-0.1, -0.05) is 41.9 Å². The molecule has 2 amide bonds. The van der Waals surface area contributed by atoms with E-state index in [9.17, 15) is 14.7 Å². The van der Waals surface area contributed by atoms with E-state index < -0.39 is 11.5 Å². The second-order valence-corrected chi connectivity index (χ2v) is 7.69. The molecule has 2 aliphatic rings. The van der Waals surface area contributed by atoms with Crippen molar-refractivity contribution in [3.8, 4) is 0 Å². The molecule has 0 aromatic heterocycles. The summed E-state index contributed by atoms with van der Waals surface area (Å²) in [7, 11) is 0. The number of rotatable bonds is 3. The van der Waals surface area contributed by atoms with E-state index in [1.165, 1.54) is 0 Å². The number of para-hydroxylation sites is 1. The monoisotopic (exact) mass is 384 g/mol. The summed E-state index contributed by atoms with van der Waals surface area (Å²) in [4.78, 5) is 26.7. The minimum absolute atomic E-state index is 0.0509. The minimum Gasteiger partial charge on any atom is -0.385 e. The molecule has 0 saturated carbocycles. The van der Waals surface area contributed by atoms with Crippen LogP contribution in [0.4, 0.5) is 5.69 Å². The molecule has 0 bridgehead atoms. The largest absolute Gasteiger partial charge is 0.385 e. The third-order valence-corrected chi connectivity index (χ3v) is 5.87. The summed E-state index contributed by atoms with van der Waals surface area (Å²) in [5.41, 5.74) is 1.54. The van der Waals surface area contributed by atoms with Gasteiger partial charge in [0.15, 0.2) is 0 Å². The van der Waals surface area contributed by atoms with Crippen LogP contribution in [0.2, 0.25) is 5.02 Å². The van der Waals surface area contributed by atoms with Gasteiger partial charge in [0, 0.05) is 30.2 Å². The van der Waals surface area contributed by atoms with Crippen molar-refractivity contribution in [1.29, 1.82) is 0 Å². The van der Waals surface area contributed by atoms with Crippen LogP contribution in [0.1, 0.15) is 36.3 Å². The Morgan fingerprint density at radius 1 is 1.15 bits per heavy atom. The van der Waals surface area contributed by atoms with Gasteiger partial charge in [0.2, 0.25) is 11.8 Å². The molecule has 0 aliphatic carbocycles. The number of amides is 2. The number of nitrogens with one attached hydrogen (secondary N) is 1. The van der Waals surface area contributed by atoms with Crippen LogP contribution in [-0.2, 0) is 15.2 Å². The van der Waals surface area contributed by atoms with Crippen LogP contribution in [0.3, 0.4) is 0 Å². The average Bonchev–Trinajstić information content (AvgIpc) is 2.98. The van der Waals surface area contributed by atoms with Gasteiger partial charge >= 0.3 is 0 Å². The van der Waals surface area contributed by atoms with E-state index in [0.29, 0.717) is 31.0 Å². The predicted molar refractivity (Wildman–Crippen MR) is 104 cm³/mol. The van der Waals surface area contributed by atoms with Gasteiger partial charge in [0.25, 0.3) is 0 Å². The van der Waals surface area contributed by atoms with Crippen LogP contribution in [0.15, 0.2) is 48.5 Å². The van der Waals surface area contributed by atoms with Crippen molar-refractivity contribution < 1.29 is 14.7 Å². The van der Waals surface area contributed by atoms with Crippen molar-refractivity contribution in [3.63, 3.8) is 0 Å². The van der Waals surface area contributed by atoms with E-state index in [1.54, 1.807) is 17.0 Å². The number of hydrogen-bond donors (Lipinski definition) is 2. The summed E-state index contributed by atoms with van der Waals surface area (Å²) in [6.07, 6.45) is 1.09. The number of carbonyl (C=O) groups is 2. The molecule has 2 aromatic rings. The number of carbonyl (C=O) groups excluding carboxylic acids is 2. The van der Waals surface area contributed by atoms with E-state index in [-0.39, 0.29) is 18.2 Å². The molecule has 0 spiro atoms. The molecule has 1 atom stereocenters. The fraction of sp³-hybridized carbons (Fsp3) is 0.333. The molecule has 4 rings (SSSR count). The fourth-order valence-electron chi connectivity index (χ4n) is 3.96. The molecule has 5 nitrogen and oxygen atoms in total. The Balaban J connectivity index is 1.41. The van der Waals surface area contributed by atoms with Crippen LogP contribution in [0.5, 0.6) is 0 Å². The van der Waals surface area contributed by atoms with Crippen LogP contribution in [0, 0.1) is 0 Å². The lowest BCUT2D eigenvalue weighted by atomic mass is 9.84. The Hall–Kier alpha value is -2.37. The summed E-state index contributed by atoms with van der Waals surface area (Å²) in [5.74, 6) is -0.616. The van der Waals surface area contributed by atoms with Crippen LogP contribution in [-0.4, -0.2) is 34.9 Å². The smallest absolute Gasteiger partial charge is 0.232 e. The molecular weight excluding hydrogens is 364 g/mol. The molecule has 27 heavy (non-hydrogen) atoms. The van der Waals surface area contributed by atoms with Crippen LogP contribution >= 0.6 is 11.6 Å². The third-order valence-electron chi connectivity index (χ3n) is 5.61. The Morgan fingerprint density at radius 3 is 2.52 bits per heavy atom. The number of piperidine rings is 1. The lowest BCUT2D eigenvalue weighted by Gasteiger charge is -2.38. The molecule has 140 valence electrons.